The Morgan fingerprint density at radius 2 is 2.22 bits per heavy atom. The molecule has 18 heavy (non-hydrogen) atoms. The summed E-state index contributed by atoms with van der Waals surface area (Å²) in [5.74, 6) is 1.07. The molecule has 0 aromatic heterocycles. The van der Waals surface area contributed by atoms with Crippen LogP contribution in [0.15, 0.2) is 18.2 Å². The summed E-state index contributed by atoms with van der Waals surface area (Å²) in [5, 5.41) is 3.62. The van der Waals surface area contributed by atoms with Gasteiger partial charge in [-0.05, 0) is 44.2 Å². The minimum Gasteiger partial charge on any atom is -0.493 e. The first-order valence-corrected chi connectivity index (χ1v) is 7.78. The predicted octanol–water partition coefficient (Wildman–Crippen LogP) is 3.41. The first-order valence-electron chi connectivity index (χ1n) is 6.56. The van der Waals surface area contributed by atoms with Gasteiger partial charge in [-0.1, -0.05) is 12.1 Å². The van der Waals surface area contributed by atoms with Crippen molar-refractivity contribution in [3.8, 4) is 5.75 Å². The van der Waals surface area contributed by atoms with Crippen molar-refractivity contribution >= 4 is 11.8 Å². The summed E-state index contributed by atoms with van der Waals surface area (Å²) < 4.78 is 5.83. The summed E-state index contributed by atoms with van der Waals surface area (Å²) in [6.07, 6.45) is 3.21. The highest BCUT2D eigenvalue weighted by Crippen LogP contribution is 2.28. The van der Waals surface area contributed by atoms with Crippen LogP contribution in [0.2, 0.25) is 0 Å². The van der Waals surface area contributed by atoms with Crippen LogP contribution in [0.1, 0.15) is 37.9 Å². The smallest absolute Gasteiger partial charge is 0.122 e. The molecule has 1 aliphatic heterocycles. The van der Waals surface area contributed by atoms with Gasteiger partial charge in [0.15, 0.2) is 0 Å². The van der Waals surface area contributed by atoms with Crippen LogP contribution >= 0.6 is 11.8 Å². The standard InChI is InChI=1S/C15H23NOS/c1-11(16-10-15(2,3)18-4)12-5-6-14-13(9-12)7-8-17-14/h5-6,9,11,16H,7-8,10H2,1-4H3. The Morgan fingerprint density at radius 3 is 2.94 bits per heavy atom. The Morgan fingerprint density at radius 1 is 1.44 bits per heavy atom. The number of fused-ring (bicyclic) bond motifs is 1. The number of thioether (sulfide) groups is 1. The molecule has 2 nitrogen and oxygen atoms in total. The van der Waals surface area contributed by atoms with E-state index in [1.54, 1.807) is 0 Å². The summed E-state index contributed by atoms with van der Waals surface area (Å²) in [7, 11) is 0. The topological polar surface area (TPSA) is 21.3 Å². The summed E-state index contributed by atoms with van der Waals surface area (Å²) in [5.41, 5.74) is 2.71. The second-order valence-corrected chi connectivity index (χ2v) is 7.05. The monoisotopic (exact) mass is 265 g/mol. The molecule has 1 heterocycles. The predicted molar refractivity (Wildman–Crippen MR) is 79.7 cm³/mol. The Bertz CT molecular complexity index is 417. The molecule has 0 amide bonds. The average molecular weight is 265 g/mol. The second kappa shape index (κ2) is 5.54. The lowest BCUT2D eigenvalue weighted by molar-refractivity contribution is 0.356. The van der Waals surface area contributed by atoms with E-state index in [4.69, 9.17) is 4.74 Å². The van der Waals surface area contributed by atoms with E-state index in [1.807, 2.05) is 11.8 Å². The summed E-state index contributed by atoms with van der Waals surface area (Å²) >= 11 is 1.90. The quantitative estimate of drug-likeness (QED) is 0.881. The van der Waals surface area contributed by atoms with Crippen molar-refractivity contribution in [2.45, 2.75) is 38.0 Å². The SMILES string of the molecule is CSC(C)(C)CNC(C)c1ccc2c(c1)CCO2. The normalized spacial score (nSPS) is 16.2. The molecule has 0 fully saturated rings. The second-order valence-electron chi connectivity index (χ2n) is 5.53. The third-order valence-electron chi connectivity index (χ3n) is 3.60. The average Bonchev–Trinajstić information content (AvgIpc) is 2.83. The largest absolute Gasteiger partial charge is 0.493 e. The highest BCUT2D eigenvalue weighted by atomic mass is 32.2. The zero-order chi connectivity index (χ0) is 13.2. The van der Waals surface area contributed by atoms with Crippen molar-refractivity contribution in [2.75, 3.05) is 19.4 Å². The van der Waals surface area contributed by atoms with Gasteiger partial charge in [0.05, 0.1) is 6.61 Å². The number of benzene rings is 1. The van der Waals surface area contributed by atoms with Crippen molar-refractivity contribution in [1.82, 2.24) is 5.32 Å². The molecule has 1 aliphatic rings. The van der Waals surface area contributed by atoms with Crippen molar-refractivity contribution in [3.05, 3.63) is 29.3 Å². The summed E-state index contributed by atoms with van der Waals surface area (Å²) in [4.78, 5) is 0. The Labute approximate surface area is 114 Å². The molecule has 2 rings (SSSR count). The fraction of sp³-hybridized carbons (Fsp3) is 0.600. The minimum atomic E-state index is 0.286. The van der Waals surface area contributed by atoms with Crippen molar-refractivity contribution in [1.29, 1.82) is 0 Å². The van der Waals surface area contributed by atoms with Gasteiger partial charge in [-0.2, -0.15) is 11.8 Å². The van der Waals surface area contributed by atoms with Crippen molar-refractivity contribution < 1.29 is 4.74 Å². The first-order chi connectivity index (χ1) is 8.52. The molecule has 0 spiro atoms. The molecular weight excluding hydrogens is 242 g/mol. The Hall–Kier alpha value is -0.670. The van der Waals surface area contributed by atoms with Gasteiger partial charge in [0.25, 0.3) is 0 Å². The molecule has 3 heteroatoms. The van der Waals surface area contributed by atoms with Gasteiger partial charge >= 0.3 is 0 Å². The maximum absolute atomic E-state index is 5.54. The highest BCUT2D eigenvalue weighted by molar-refractivity contribution is 7.99. The van der Waals surface area contributed by atoms with Crippen molar-refractivity contribution in [3.63, 3.8) is 0 Å². The fourth-order valence-electron chi connectivity index (χ4n) is 2.06. The Kier molecular flexibility index (Phi) is 4.23. The number of hydrogen-bond donors (Lipinski definition) is 1. The molecule has 0 bridgehead atoms. The van der Waals surface area contributed by atoms with Gasteiger partial charge in [-0.3, -0.25) is 0 Å². The molecule has 1 unspecified atom stereocenters. The maximum Gasteiger partial charge on any atom is 0.122 e. The maximum atomic E-state index is 5.54. The number of nitrogens with one attached hydrogen (secondary N) is 1. The van der Waals surface area contributed by atoms with E-state index in [2.05, 4.69) is 50.5 Å². The number of hydrogen-bond acceptors (Lipinski definition) is 3. The van der Waals surface area contributed by atoms with Crippen molar-refractivity contribution in [2.24, 2.45) is 0 Å². The van der Waals surface area contributed by atoms with Crippen LogP contribution in [0.4, 0.5) is 0 Å². The van der Waals surface area contributed by atoms with Crippen LogP contribution in [0.25, 0.3) is 0 Å². The van der Waals surface area contributed by atoms with E-state index in [0.717, 1.165) is 25.3 Å². The Balaban J connectivity index is 1.99. The highest BCUT2D eigenvalue weighted by Gasteiger charge is 2.18. The van der Waals surface area contributed by atoms with Crippen LogP contribution in [0, 0.1) is 0 Å². The van der Waals surface area contributed by atoms with Gasteiger partial charge in [-0.25, -0.2) is 0 Å². The lowest BCUT2D eigenvalue weighted by Crippen LogP contribution is -2.33. The van der Waals surface area contributed by atoms with Gasteiger partial charge in [0.2, 0.25) is 0 Å². The molecule has 1 aromatic carbocycles. The molecule has 0 saturated carbocycles. The number of ether oxygens (including phenoxy) is 1. The van der Waals surface area contributed by atoms with E-state index in [1.165, 1.54) is 11.1 Å². The third kappa shape index (κ3) is 3.21. The van der Waals surface area contributed by atoms with E-state index < -0.39 is 0 Å². The van der Waals surface area contributed by atoms with Gasteiger partial charge in [0, 0.05) is 23.8 Å². The van der Waals surface area contributed by atoms with Crippen LogP contribution in [-0.4, -0.2) is 24.2 Å². The van der Waals surface area contributed by atoms with Gasteiger partial charge in [-0.15, -0.1) is 0 Å². The van der Waals surface area contributed by atoms with Crippen LogP contribution in [-0.2, 0) is 6.42 Å². The molecule has 1 atom stereocenters. The zero-order valence-corrected chi connectivity index (χ0v) is 12.6. The molecular formula is C15H23NOS. The number of rotatable bonds is 5. The van der Waals surface area contributed by atoms with Crippen LogP contribution in [0.5, 0.6) is 5.75 Å². The van der Waals surface area contributed by atoms with E-state index in [9.17, 15) is 0 Å². The van der Waals surface area contributed by atoms with Crippen LogP contribution in [0.3, 0.4) is 0 Å². The van der Waals surface area contributed by atoms with E-state index >= 15 is 0 Å². The minimum absolute atomic E-state index is 0.286. The molecule has 100 valence electrons. The van der Waals surface area contributed by atoms with E-state index in [0.29, 0.717) is 6.04 Å². The van der Waals surface area contributed by atoms with Crippen LogP contribution < -0.4 is 10.1 Å². The molecule has 0 radical (unpaired) electrons. The summed E-state index contributed by atoms with van der Waals surface area (Å²) in [6.45, 7) is 8.62. The van der Waals surface area contributed by atoms with Gasteiger partial charge < -0.3 is 10.1 Å². The summed E-state index contributed by atoms with van der Waals surface area (Å²) in [6, 6.07) is 6.96. The molecule has 0 saturated heterocycles. The van der Waals surface area contributed by atoms with Gasteiger partial charge in [0.1, 0.15) is 5.75 Å². The molecule has 0 aliphatic carbocycles. The molecule has 1 N–H and O–H groups in total. The lowest BCUT2D eigenvalue weighted by atomic mass is 10.0. The fourth-order valence-corrected chi connectivity index (χ4v) is 2.29. The zero-order valence-electron chi connectivity index (χ0n) is 11.7. The lowest BCUT2D eigenvalue weighted by Gasteiger charge is -2.25. The third-order valence-corrected chi connectivity index (χ3v) is 4.85. The molecule has 1 aromatic rings. The first kappa shape index (κ1) is 13.8. The van der Waals surface area contributed by atoms with E-state index in [-0.39, 0.29) is 4.75 Å².